The summed E-state index contributed by atoms with van der Waals surface area (Å²) in [6.07, 6.45) is 1.06. The van der Waals surface area contributed by atoms with Crippen LogP contribution in [0.15, 0.2) is 54.7 Å². The van der Waals surface area contributed by atoms with Gasteiger partial charge >= 0.3 is 0 Å². The minimum atomic E-state index is -0.620. The van der Waals surface area contributed by atoms with Crippen molar-refractivity contribution in [2.45, 2.75) is 0 Å². The number of fused-ring (bicyclic) bond motifs is 1. The van der Waals surface area contributed by atoms with Crippen LogP contribution in [0.3, 0.4) is 0 Å². The summed E-state index contributed by atoms with van der Waals surface area (Å²) in [4.78, 5) is 28.1. The second kappa shape index (κ2) is 7.49. The van der Waals surface area contributed by atoms with Crippen molar-refractivity contribution in [1.29, 1.82) is 5.26 Å². The SMILES string of the molecule is CN(CC(=O)Nc1cccc2ccccc12)c1ncc([N+](=O)[O-])cc1C#N. The predicted molar refractivity (Wildman–Crippen MR) is 101 cm³/mol. The largest absolute Gasteiger partial charge is 0.349 e. The molecule has 134 valence electrons. The number of hydrogen-bond donors (Lipinski definition) is 1. The fourth-order valence-corrected chi connectivity index (χ4v) is 2.75. The number of nitriles is 1. The van der Waals surface area contributed by atoms with E-state index in [1.54, 1.807) is 7.05 Å². The van der Waals surface area contributed by atoms with Crippen molar-refractivity contribution < 1.29 is 9.72 Å². The second-order valence-corrected chi connectivity index (χ2v) is 5.86. The van der Waals surface area contributed by atoms with Crippen LogP contribution in [0.2, 0.25) is 0 Å². The van der Waals surface area contributed by atoms with E-state index in [0.29, 0.717) is 5.69 Å². The van der Waals surface area contributed by atoms with Crippen LogP contribution in [0.5, 0.6) is 0 Å². The molecular weight excluding hydrogens is 346 g/mol. The van der Waals surface area contributed by atoms with E-state index >= 15 is 0 Å². The van der Waals surface area contributed by atoms with E-state index in [2.05, 4.69) is 10.3 Å². The third kappa shape index (κ3) is 3.82. The fourth-order valence-electron chi connectivity index (χ4n) is 2.75. The normalized spacial score (nSPS) is 10.2. The first-order valence-corrected chi connectivity index (χ1v) is 8.03. The zero-order chi connectivity index (χ0) is 19.4. The van der Waals surface area contributed by atoms with Gasteiger partial charge in [-0.25, -0.2) is 4.98 Å². The molecule has 8 nitrogen and oxygen atoms in total. The molecular formula is C19H15N5O3. The van der Waals surface area contributed by atoms with Crippen molar-refractivity contribution in [2.24, 2.45) is 0 Å². The Morgan fingerprint density at radius 1 is 1.30 bits per heavy atom. The van der Waals surface area contributed by atoms with E-state index in [4.69, 9.17) is 0 Å². The molecule has 0 spiro atoms. The number of carbonyl (C=O) groups is 1. The number of amides is 1. The third-order valence-electron chi connectivity index (χ3n) is 3.99. The molecule has 0 fully saturated rings. The van der Waals surface area contributed by atoms with Crippen LogP contribution in [0.25, 0.3) is 10.8 Å². The Balaban J connectivity index is 1.78. The first kappa shape index (κ1) is 17.8. The lowest BCUT2D eigenvalue weighted by Crippen LogP contribution is -2.31. The smallest absolute Gasteiger partial charge is 0.289 e. The monoisotopic (exact) mass is 361 g/mol. The average Bonchev–Trinajstić information content (AvgIpc) is 2.67. The van der Waals surface area contributed by atoms with Crippen molar-refractivity contribution in [2.75, 3.05) is 23.8 Å². The van der Waals surface area contributed by atoms with Crippen LogP contribution in [-0.2, 0) is 4.79 Å². The van der Waals surface area contributed by atoms with Crippen molar-refractivity contribution in [3.63, 3.8) is 0 Å². The van der Waals surface area contributed by atoms with Gasteiger partial charge in [-0.15, -0.1) is 0 Å². The fraction of sp³-hybridized carbons (Fsp3) is 0.105. The lowest BCUT2D eigenvalue weighted by molar-refractivity contribution is -0.385. The van der Waals surface area contributed by atoms with Gasteiger partial charge in [-0.2, -0.15) is 5.26 Å². The molecule has 0 saturated carbocycles. The Bertz CT molecular complexity index is 1070. The second-order valence-electron chi connectivity index (χ2n) is 5.86. The maximum absolute atomic E-state index is 12.4. The number of nitrogens with zero attached hydrogens (tertiary/aromatic N) is 4. The lowest BCUT2D eigenvalue weighted by atomic mass is 10.1. The quantitative estimate of drug-likeness (QED) is 0.552. The molecule has 0 atom stereocenters. The van der Waals surface area contributed by atoms with Gasteiger partial charge in [0, 0.05) is 24.2 Å². The van der Waals surface area contributed by atoms with E-state index < -0.39 is 4.92 Å². The molecule has 0 aliphatic rings. The predicted octanol–water partition coefficient (Wildman–Crippen LogP) is 3.09. The summed E-state index contributed by atoms with van der Waals surface area (Å²) in [6.45, 7) is -0.0668. The van der Waals surface area contributed by atoms with Crippen molar-refractivity contribution in [1.82, 2.24) is 4.98 Å². The van der Waals surface area contributed by atoms with E-state index in [1.165, 1.54) is 4.90 Å². The van der Waals surface area contributed by atoms with E-state index in [9.17, 15) is 20.2 Å². The Labute approximate surface area is 154 Å². The summed E-state index contributed by atoms with van der Waals surface area (Å²) >= 11 is 0. The Kier molecular flexibility index (Phi) is 4.95. The average molecular weight is 361 g/mol. The number of nitro groups is 1. The Morgan fingerprint density at radius 3 is 2.78 bits per heavy atom. The van der Waals surface area contributed by atoms with E-state index in [1.807, 2.05) is 48.5 Å². The number of pyridine rings is 1. The molecule has 1 N–H and O–H groups in total. The number of rotatable bonds is 5. The molecule has 3 rings (SSSR count). The summed E-state index contributed by atoms with van der Waals surface area (Å²) in [5, 5.41) is 24.8. The van der Waals surface area contributed by atoms with Gasteiger partial charge in [-0.05, 0) is 11.5 Å². The van der Waals surface area contributed by atoms with Gasteiger partial charge in [0.25, 0.3) is 5.69 Å². The molecule has 1 amide bonds. The maximum atomic E-state index is 12.4. The highest BCUT2D eigenvalue weighted by molar-refractivity contribution is 6.03. The molecule has 27 heavy (non-hydrogen) atoms. The third-order valence-corrected chi connectivity index (χ3v) is 3.99. The van der Waals surface area contributed by atoms with E-state index in [-0.39, 0.29) is 29.5 Å². The molecule has 1 heterocycles. The number of carbonyl (C=O) groups excluding carboxylic acids is 1. The van der Waals surface area contributed by atoms with Crippen LogP contribution in [-0.4, -0.2) is 29.4 Å². The highest BCUT2D eigenvalue weighted by Crippen LogP contribution is 2.24. The van der Waals surface area contributed by atoms with Crippen LogP contribution in [0.1, 0.15) is 5.56 Å². The van der Waals surface area contributed by atoms with Crippen LogP contribution in [0, 0.1) is 21.4 Å². The summed E-state index contributed by atoms with van der Waals surface area (Å²) in [5.74, 6) is -0.0888. The first-order valence-electron chi connectivity index (χ1n) is 8.03. The minimum absolute atomic E-state index is 0.0321. The van der Waals surface area contributed by atoms with Gasteiger partial charge in [-0.1, -0.05) is 36.4 Å². The molecule has 0 radical (unpaired) electrons. The van der Waals surface area contributed by atoms with Crippen LogP contribution >= 0.6 is 0 Å². The first-order chi connectivity index (χ1) is 13.0. The maximum Gasteiger partial charge on any atom is 0.289 e. The molecule has 1 aromatic heterocycles. The number of nitrogens with one attached hydrogen (secondary N) is 1. The number of aromatic nitrogens is 1. The number of likely N-dealkylation sites (N-methyl/N-ethyl adjacent to an activating group) is 1. The van der Waals surface area contributed by atoms with Gasteiger partial charge in [0.1, 0.15) is 23.6 Å². The van der Waals surface area contributed by atoms with Crippen molar-refractivity contribution >= 4 is 33.9 Å². The molecule has 0 bridgehead atoms. The number of benzene rings is 2. The molecule has 0 aliphatic heterocycles. The molecule has 0 unspecified atom stereocenters. The van der Waals surface area contributed by atoms with Gasteiger partial charge in [-0.3, -0.25) is 14.9 Å². The zero-order valence-electron chi connectivity index (χ0n) is 14.4. The van der Waals surface area contributed by atoms with Gasteiger partial charge in [0.2, 0.25) is 5.91 Å². The van der Waals surface area contributed by atoms with Crippen LogP contribution in [0.4, 0.5) is 17.2 Å². The summed E-state index contributed by atoms with van der Waals surface area (Å²) in [7, 11) is 1.59. The zero-order valence-corrected chi connectivity index (χ0v) is 14.4. The molecule has 0 saturated heterocycles. The van der Waals surface area contributed by atoms with E-state index in [0.717, 1.165) is 23.0 Å². The standard InChI is InChI=1S/C19H15N5O3/c1-23(19-14(10-20)9-15(11-21-19)24(26)27)12-18(25)22-17-8-4-6-13-5-2-3-7-16(13)17/h2-9,11H,12H2,1H3,(H,22,25). The van der Waals surface area contributed by atoms with Gasteiger partial charge < -0.3 is 10.2 Å². The topological polar surface area (TPSA) is 112 Å². The highest BCUT2D eigenvalue weighted by Gasteiger charge is 2.17. The molecule has 3 aromatic rings. The molecule has 8 heteroatoms. The molecule has 0 aliphatic carbocycles. The van der Waals surface area contributed by atoms with Crippen LogP contribution < -0.4 is 10.2 Å². The Morgan fingerprint density at radius 2 is 2.04 bits per heavy atom. The highest BCUT2D eigenvalue weighted by atomic mass is 16.6. The number of hydrogen-bond acceptors (Lipinski definition) is 6. The number of anilines is 2. The Hall–Kier alpha value is -3.99. The van der Waals surface area contributed by atoms with Crippen molar-refractivity contribution in [3.05, 3.63) is 70.4 Å². The van der Waals surface area contributed by atoms with Gasteiger partial charge in [0.15, 0.2) is 0 Å². The van der Waals surface area contributed by atoms with Crippen molar-refractivity contribution in [3.8, 4) is 6.07 Å². The summed E-state index contributed by atoms with van der Waals surface area (Å²) in [6, 6.07) is 16.3. The summed E-state index contributed by atoms with van der Waals surface area (Å²) < 4.78 is 0. The lowest BCUT2D eigenvalue weighted by Gasteiger charge is -2.19. The minimum Gasteiger partial charge on any atom is -0.349 e. The molecule has 2 aromatic carbocycles. The van der Waals surface area contributed by atoms with Gasteiger partial charge in [0.05, 0.1) is 11.5 Å². The summed E-state index contributed by atoms with van der Waals surface area (Å²) in [5.41, 5.74) is 0.442.